The summed E-state index contributed by atoms with van der Waals surface area (Å²) in [6.07, 6.45) is 0.585. The molecule has 39 heavy (non-hydrogen) atoms. The second kappa shape index (κ2) is 12.0. The zero-order valence-electron chi connectivity index (χ0n) is 22.6. The molecule has 0 saturated carbocycles. The van der Waals surface area contributed by atoms with Gasteiger partial charge in [0.25, 0.3) is 0 Å². The summed E-state index contributed by atoms with van der Waals surface area (Å²) in [4.78, 5) is 7.60. The summed E-state index contributed by atoms with van der Waals surface area (Å²) in [5.74, 6) is 1.12. The molecule has 4 aromatic rings. The maximum Gasteiger partial charge on any atom is 0.586 e. The number of unbranched alkanes of at least 4 members (excludes halogenated alkanes) is 2. The SMILES string of the molecule is CCCCN(Cc1ccc2c(c1)OC(F)(F)O2)Cc1c(-c2ccccc2)nc(-c2ccccc2)n1CCCC. The Labute approximate surface area is 229 Å². The lowest BCUT2D eigenvalue weighted by molar-refractivity contribution is -0.286. The van der Waals surface area contributed by atoms with Gasteiger partial charge < -0.3 is 14.0 Å². The van der Waals surface area contributed by atoms with E-state index >= 15 is 0 Å². The van der Waals surface area contributed by atoms with Crippen LogP contribution in [-0.4, -0.2) is 27.3 Å². The quantitative estimate of drug-likeness (QED) is 0.185. The molecule has 204 valence electrons. The van der Waals surface area contributed by atoms with Crippen molar-refractivity contribution in [3.05, 3.63) is 90.1 Å². The van der Waals surface area contributed by atoms with Crippen LogP contribution in [0.15, 0.2) is 78.9 Å². The highest BCUT2D eigenvalue weighted by atomic mass is 19.3. The summed E-state index contributed by atoms with van der Waals surface area (Å²) in [6, 6.07) is 25.7. The van der Waals surface area contributed by atoms with E-state index in [-0.39, 0.29) is 11.5 Å². The molecule has 1 aliphatic heterocycles. The lowest BCUT2D eigenvalue weighted by Crippen LogP contribution is -2.26. The molecule has 2 heterocycles. The fourth-order valence-electron chi connectivity index (χ4n) is 5.00. The van der Waals surface area contributed by atoms with Crippen molar-refractivity contribution < 1.29 is 18.3 Å². The number of ether oxygens (including phenoxy) is 2. The molecule has 0 amide bonds. The highest BCUT2D eigenvalue weighted by Crippen LogP contribution is 2.41. The van der Waals surface area contributed by atoms with E-state index in [0.717, 1.165) is 72.7 Å². The molecule has 1 aromatic heterocycles. The number of rotatable bonds is 12. The minimum atomic E-state index is -3.62. The first-order valence-electron chi connectivity index (χ1n) is 13.8. The molecule has 5 nitrogen and oxygen atoms in total. The summed E-state index contributed by atoms with van der Waals surface area (Å²) in [5.41, 5.74) is 5.22. The molecule has 0 fully saturated rings. The minimum absolute atomic E-state index is 0.0698. The van der Waals surface area contributed by atoms with E-state index in [1.54, 1.807) is 12.1 Å². The Balaban J connectivity index is 1.53. The van der Waals surface area contributed by atoms with Crippen molar-refractivity contribution in [1.29, 1.82) is 0 Å². The molecule has 0 N–H and O–H groups in total. The number of benzene rings is 3. The first-order valence-corrected chi connectivity index (χ1v) is 13.8. The maximum absolute atomic E-state index is 13.6. The fourth-order valence-corrected chi connectivity index (χ4v) is 5.00. The molecular weight excluding hydrogens is 496 g/mol. The van der Waals surface area contributed by atoms with Gasteiger partial charge in [-0.3, -0.25) is 4.90 Å². The topological polar surface area (TPSA) is 39.5 Å². The number of fused-ring (bicyclic) bond motifs is 1. The third-order valence-electron chi connectivity index (χ3n) is 6.96. The monoisotopic (exact) mass is 531 g/mol. The lowest BCUT2D eigenvalue weighted by atomic mass is 10.1. The highest BCUT2D eigenvalue weighted by Gasteiger charge is 2.43. The van der Waals surface area contributed by atoms with E-state index in [2.05, 4.69) is 52.3 Å². The van der Waals surface area contributed by atoms with Crippen molar-refractivity contribution in [3.8, 4) is 34.1 Å². The normalized spacial score (nSPS) is 13.8. The van der Waals surface area contributed by atoms with Gasteiger partial charge in [0.1, 0.15) is 5.82 Å². The Kier molecular flexibility index (Phi) is 8.27. The van der Waals surface area contributed by atoms with Crippen molar-refractivity contribution in [2.45, 2.75) is 65.5 Å². The van der Waals surface area contributed by atoms with Crippen molar-refractivity contribution in [3.63, 3.8) is 0 Å². The molecule has 0 saturated heterocycles. The summed E-state index contributed by atoms with van der Waals surface area (Å²) in [7, 11) is 0. The Morgan fingerprint density at radius 2 is 1.46 bits per heavy atom. The third-order valence-corrected chi connectivity index (χ3v) is 6.96. The van der Waals surface area contributed by atoms with Crippen LogP contribution < -0.4 is 9.47 Å². The van der Waals surface area contributed by atoms with Crippen LogP contribution in [0.25, 0.3) is 22.6 Å². The molecule has 0 bridgehead atoms. The van der Waals surface area contributed by atoms with Gasteiger partial charge >= 0.3 is 6.29 Å². The maximum atomic E-state index is 13.6. The van der Waals surface area contributed by atoms with Crippen LogP contribution >= 0.6 is 0 Å². The molecule has 3 aromatic carbocycles. The first-order chi connectivity index (χ1) is 19.0. The Morgan fingerprint density at radius 1 is 0.795 bits per heavy atom. The molecule has 0 aliphatic carbocycles. The van der Waals surface area contributed by atoms with E-state index in [9.17, 15) is 8.78 Å². The van der Waals surface area contributed by atoms with E-state index < -0.39 is 6.29 Å². The number of alkyl halides is 2. The van der Waals surface area contributed by atoms with Crippen molar-refractivity contribution in [2.24, 2.45) is 0 Å². The smallest absolute Gasteiger partial charge is 0.395 e. The van der Waals surface area contributed by atoms with Gasteiger partial charge in [-0.25, -0.2) is 4.98 Å². The van der Waals surface area contributed by atoms with Crippen LogP contribution in [0.4, 0.5) is 8.78 Å². The van der Waals surface area contributed by atoms with E-state index in [1.165, 1.54) is 0 Å². The summed E-state index contributed by atoms with van der Waals surface area (Å²) >= 11 is 0. The van der Waals surface area contributed by atoms with Crippen LogP contribution in [0, 0.1) is 0 Å². The number of aromatic nitrogens is 2. The van der Waals surface area contributed by atoms with Gasteiger partial charge in [0.2, 0.25) is 0 Å². The van der Waals surface area contributed by atoms with Gasteiger partial charge in [-0.1, -0.05) is 93.4 Å². The lowest BCUT2D eigenvalue weighted by Gasteiger charge is -2.24. The van der Waals surface area contributed by atoms with E-state index in [0.29, 0.717) is 13.1 Å². The number of imidazole rings is 1. The van der Waals surface area contributed by atoms with Crippen molar-refractivity contribution >= 4 is 0 Å². The molecule has 0 spiro atoms. The zero-order valence-corrected chi connectivity index (χ0v) is 22.6. The minimum Gasteiger partial charge on any atom is -0.395 e. The van der Waals surface area contributed by atoms with Crippen LogP contribution in [0.3, 0.4) is 0 Å². The summed E-state index contributed by atoms with van der Waals surface area (Å²) in [5, 5.41) is 0. The number of halogens is 2. The van der Waals surface area contributed by atoms with Crippen LogP contribution in [0.2, 0.25) is 0 Å². The van der Waals surface area contributed by atoms with Gasteiger partial charge in [-0.05, 0) is 37.1 Å². The van der Waals surface area contributed by atoms with Gasteiger partial charge in [0.05, 0.1) is 11.4 Å². The Bertz CT molecular complexity index is 1370. The van der Waals surface area contributed by atoms with E-state index in [4.69, 9.17) is 9.72 Å². The standard InChI is InChI=1S/C32H35F2N3O2/c1-3-5-19-36(22-24-17-18-28-29(21-24)39-32(33,34)38-28)23-27-30(25-13-9-7-10-14-25)35-31(37(27)20-6-4-2)26-15-11-8-12-16-26/h7-18,21H,3-6,19-20,22-23H2,1-2H3. The van der Waals surface area contributed by atoms with Gasteiger partial charge in [0.15, 0.2) is 11.5 Å². The zero-order chi connectivity index (χ0) is 27.2. The first kappa shape index (κ1) is 26.9. The van der Waals surface area contributed by atoms with Crippen molar-refractivity contribution in [1.82, 2.24) is 14.5 Å². The molecule has 0 radical (unpaired) electrons. The average Bonchev–Trinajstić information content (AvgIpc) is 3.46. The number of nitrogens with zero attached hydrogens (tertiary/aromatic N) is 3. The van der Waals surface area contributed by atoms with E-state index in [1.807, 2.05) is 42.5 Å². The molecule has 5 rings (SSSR count). The van der Waals surface area contributed by atoms with Gasteiger partial charge in [-0.2, -0.15) is 0 Å². The number of hydrogen-bond donors (Lipinski definition) is 0. The predicted octanol–water partition coefficient (Wildman–Crippen LogP) is 8.14. The number of hydrogen-bond acceptors (Lipinski definition) is 4. The van der Waals surface area contributed by atoms with Gasteiger partial charge in [-0.15, -0.1) is 8.78 Å². The fraction of sp³-hybridized carbons (Fsp3) is 0.344. The Hall–Kier alpha value is -3.71. The molecular formula is C32H35F2N3O2. The molecule has 0 unspecified atom stereocenters. The van der Waals surface area contributed by atoms with Crippen LogP contribution in [0.5, 0.6) is 11.5 Å². The predicted molar refractivity (Wildman–Crippen MR) is 150 cm³/mol. The molecule has 0 atom stereocenters. The average molecular weight is 532 g/mol. The Morgan fingerprint density at radius 3 is 2.15 bits per heavy atom. The van der Waals surface area contributed by atoms with Gasteiger partial charge in [0, 0.05) is 30.8 Å². The van der Waals surface area contributed by atoms with Crippen LogP contribution in [0.1, 0.15) is 50.8 Å². The second-order valence-corrected chi connectivity index (χ2v) is 9.98. The second-order valence-electron chi connectivity index (χ2n) is 9.98. The van der Waals surface area contributed by atoms with Crippen LogP contribution in [-0.2, 0) is 19.6 Å². The molecule has 7 heteroatoms. The largest absolute Gasteiger partial charge is 0.586 e. The molecule has 1 aliphatic rings. The summed E-state index contributed by atoms with van der Waals surface area (Å²) < 4.78 is 38.9. The highest BCUT2D eigenvalue weighted by molar-refractivity contribution is 5.68. The van der Waals surface area contributed by atoms with Crippen molar-refractivity contribution in [2.75, 3.05) is 6.54 Å². The third kappa shape index (κ3) is 6.31. The summed E-state index contributed by atoms with van der Waals surface area (Å²) in [6.45, 7) is 7.39.